The Morgan fingerprint density at radius 2 is 2.00 bits per heavy atom. The molecule has 8 nitrogen and oxygen atoms in total. The highest BCUT2D eigenvalue weighted by molar-refractivity contribution is 7.90. The van der Waals surface area contributed by atoms with Crippen molar-refractivity contribution in [2.24, 2.45) is 5.92 Å². The first-order valence-electron chi connectivity index (χ1n) is 8.11. The lowest BCUT2D eigenvalue weighted by Crippen LogP contribution is -2.52. The minimum atomic E-state index is -4.12. The summed E-state index contributed by atoms with van der Waals surface area (Å²) in [5, 5.41) is 5.24. The van der Waals surface area contributed by atoms with E-state index in [4.69, 9.17) is 4.74 Å². The molecular formula is C17H23N3O5S. The molecule has 0 unspecified atom stereocenters. The van der Waals surface area contributed by atoms with Crippen LogP contribution in [-0.4, -0.2) is 39.1 Å². The molecule has 9 heteroatoms. The summed E-state index contributed by atoms with van der Waals surface area (Å²) in [4.78, 5) is 24.5. The lowest BCUT2D eigenvalue weighted by Gasteiger charge is -2.20. The smallest absolute Gasteiger partial charge is 0.408 e. The summed E-state index contributed by atoms with van der Waals surface area (Å²) >= 11 is 0. The molecule has 0 spiro atoms. The summed E-state index contributed by atoms with van der Waals surface area (Å²) in [6.45, 7) is 6.96. The van der Waals surface area contributed by atoms with E-state index in [0.717, 1.165) is 0 Å². The molecule has 0 aliphatic heterocycles. The molecule has 1 aromatic rings. The number of nitrogens with one attached hydrogen (secondary N) is 3. The molecule has 0 radical (unpaired) electrons. The van der Waals surface area contributed by atoms with Crippen LogP contribution in [0.15, 0.2) is 41.8 Å². The molecule has 142 valence electrons. The third kappa shape index (κ3) is 3.98. The number of carbonyl (C=O) groups excluding carboxylic acids is 2. The number of alkyl carbamates (subject to hydrolysis) is 1. The molecule has 0 bridgehead atoms. The molecule has 3 N–H and O–H groups in total. The van der Waals surface area contributed by atoms with E-state index in [-0.39, 0.29) is 23.3 Å². The number of anilines is 1. The van der Waals surface area contributed by atoms with Gasteiger partial charge < -0.3 is 15.4 Å². The van der Waals surface area contributed by atoms with Gasteiger partial charge in [-0.1, -0.05) is 18.2 Å². The standard InChI is InChI=1S/C17H23N3O5S/c1-5-12-10-17(12,19-16(22)25-11(2)3)15(21)20-26(23,24)14-9-7-6-8-13(14)18-4/h5-9,11-12,18H,1,10H2,2-4H3,(H,19,22)(H,20,21)/t12-,17-/m1/s1. The fourth-order valence-corrected chi connectivity index (χ4v) is 3.89. The van der Waals surface area contributed by atoms with Crippen molar-refractivity contribution >= 4 is 27.7 Å². The van der Waals surface area contributed by atoms with Crippen LogP contribution in [0.1, 0.15) is 20.3 Å². The maximum atomic E-state index is 12.7. The fraction of sp³-hybridized carbons (Fsp3) is 0.412. The van der Waals surface area contributed by atoms with Gasteiger partial charge in [-0.15, -0.1) is 6.58 Å². The van der Waals surface area contributed by atoms with Gasteiger partial charge >= 0.3 is 6.09 Å². The summed E-state index contributed by atoms with van der Waals surface area (Å²) in [5.74, 6) is -1.20. The van der Waals surface area contributed by atoms with Gasteiger partial charge in [-0.05, 0) is 32.4 Å². The van der Waals surface area contributed by atoms with Crippen molar-refractivity contribution in [2.45, 2.75) is 36.8 Å². The number of carbonyl (C=O) groups is 2. The zero-order chi connectivity index (χ0) is 19.5. The number of hydrogen-bond donors (Lipinski definition) is 3. The Bertz CT molecular complexity index is 821. The average molecular weight is 381 g/mol. The summed E-state index contributed by atoms with van der Waals surface area (Å²) in [7, 11) is -2.55. The van der Waals surface area contributed by atoms with Crippen LogP contribution in [0.5, 0.6) is 0 Å². The number of sulfonamides is 1. The fourth-order valence-electron chi connectivity index (χ4n) is 2.64. The average Bonchev–Trinajstić information content (AvgIpc) is 3.28. The first-order chi connectivity index (χ1) is 12.2. The first-order valence-corrected chi connectivity index (χ1v) is 9.60. The molecule has 26 heavy (non-hydrogen) atoms. The summed E-state index contributed by atoms with van der Waals surface area (Å²) in [5.41, 5.74) is -1.03. The predicted molar refractivity (Wildman–Crippen MR) is 97.1 cm³/mol. The number of hydrogen-bond acceptors (Lipinski definition) is 6. The van der Waals surface area contributed by atoms with Crippen molar-refractivity contribution in [2.75, 3.05) is 12.4 Å². The van der Waals surface area contributed by atoms with E-state index in [9.17, 15) is 18.0 Å². The van der Waals surface area contributed by atoms with Crippen molar-refractivity contribution in [3.8, 4) is 0 Å². The van der Waals surface area contributed by atoms with Gasteiger partial charge in [0.15, 0.2) is 0 Å². The van der Waals surface area contributed by atoms with E-state index >= 15 is 0 Å². The second kappa shape index (κ2) is 7.36. The minimum Gasteiger partial charge on any atom is -0.447 e. The predicted octanol–water partition coefficient (Wildman–Crippen LogP) is 1.61. The summed E-state index contributed by atoms with van der Waals surface area (Å²) < 4.78 is 32.3. The lowest BCUT2D eigenvalue weighted by atomic mass is 10.2. The van der Waals surface area contributed by atoms with Gasteiger partial charge in [-0.25, -0.2) is 17.9 Å². The zero-order valence-corrected chi connectivity index (χ0v) is 15.7. The summed E-state index contributed by atoms with van der Waals surface area (Å²) in [6.07, 6.45) is 0.595. The molecule has 1 fully saturated rings. The van der Waals surface area contributed by atoms with Crippen molar-refractivity contribution in [3.63, 3.8) is 0 Å². The Morgan fingerprint density at radius 1 is 1.35 bits per heavy atom. The number of ether oxygens (including phenoxy) is 1. The van der Waals surface area contributed by atoms with E-state index in [1.54, 1.807) is 39.1 Å². The highest BCUT2D eigenvalue weighted by Gasteiger charge is 2.61. The summed E-state index contributed by atoms with van der Waals surface area (Å²) in [6, 6.07) is 6.19. The topological polar surface area (TPSA) is 114 Å². The van der Waals surface area contributed by atoms with E-state index in [1.807, 2.05) is 4.72 Å². The minimum absolute atomic E-state index is 0.0634. The molecule has 1 saturated carbocycles. The van der Waals surface area contributed by atoms with Crippen LogP contribution in [0, 0.1) is 5.92 Å². The molecular weight excluding hydrogens is 358 g/mol. The van der Waals surface area contributed by atoms with Gasteiger partial charge in [0.25, 0.3) is 15.9 Å². The quantitative estimate of drug-likeness (QED) is 0.619. The maximum Gasteiger partial charge on any atom is 0.408 e. The van der Waals surface area contributed by atoms with Crippen LogP contribution >= 0.6 is 0 Å². The Kier molecular flexibility index (Phi) is 5.60. The molecule has 2 atom stereocenters. The van der Waals surface area contributed by atoms with Gasteiger partial charge in [0, 0.05) is 13.0 Å². The van der Waals surface area contributed by atoms with Crippen LogP contribution < -0.4 is 15.4 Å². The van der Waals surface area contributed by atoms with E-state index in [2.05, 4.69) is 17.2 Å². The molecule has 0 aromatic heterocycles. The lowest BCUT2D eigenvalue weighted by molar-refractivity contribution is -0.122. The molecule has 1 aliphatic carbocycles. The molecule has 2 rings (SSSR count). The van der Waals surface area contributed by atoms with Gasteiger partial charge in [-0.3, -0.25) is 4.79 Å². The molecule has 2 amide bonds. The highest BCUT2D eigenvalue weighted by atomic mass is 32.2. The maximum absolute atomic E-state index is 12.7. The number of amides is 2. The van der Waals surface area contributed by atoms with Crippen LogP contribution in [0.4, 0.5) is 10.5 Å². The zero-order valence-electron chi connectivity index (χ0n) is 14.9. The van der Waals surface area contributed by atoms with Crippen molar-refractivity contribution in [1.82, 2.24) is 10.0 Å². The van der Waals surface area contributed by atoms with Crippen LogP contribution in [0.25, 0.3) is 0 Å². The normalized spacial score (nSPS) is 21.6. The van der Waals surface area contributed by atoms with Crippen molar-refractivity contribution < 1.29 is 22.7 Å². The number of rotatable bonds is 7. The molecule has 1 aliphatic rings. The van der Waals surface area contributed by atoms with E-state index in [0.29, 0.717) is 5.69 Å². The van der Waals surface area contributed by atoms with Crippen molar-refractivity contribution in [1.29, 1.82) is 0 Å². The largest absolute Gasteiger partial charge is 0.447 e. The van der Waals surface area contributed by atoms with Gasteiger partial charge in [0.05, 0.1) is 11.8 Å². The SMILES string of the molecule is C=C[C@@H]1C[C@]1(NC(=O)OC(C)C)C(=O)NS(=O)(=O)c1ccccc1NC. The molecule has 0 heterocycles. The monoisotopic (exact) mass is 381 g/mol. The number of para-hydroxylation sites is 1. The Morgan fingerprint density at radius 3 is 2.54 bits per heavy atom. The van der Waals surface area contributed by atoms with Crippen LogP contribution in [0.3, 0.4) is 0 Å². The van der Waals surface area contributed by atoms with Gasteiger partial charge in [0.2, 0.25) is 0 Å². The second-order valence-corrected chi connectivity index (χ2v) is 7.93. The number of benzene rings is 1. The highest BCUT2D eigenvalue weighted by Crippen LogP contribution is 2.45. The third-order valence-corrected chi connectivity index (χ3v) is 5.43. The third-order valence-electron chi connectivity index (χ3n) is 4.05. The van der Waals surface area contributed by atoms with Crippen LogP contribution in [-0.2, 0) is 19.6 Å². The van der Waals surface area contributed by atoms with Gasteiger partial charge in [-0.2, -0.15) is 0 Å². The Balaban J connectivity index is 2.23. The first kappa shape index (κ1) is 19.8. The Labute approximate surface area is 153 Å². The van der Waals surface area contributed by atoms with E-state index < -0.39 is 27.6 Å². The Hall–Kier alpha value is -2.55. The van der Waals surface area contributed by atoms with Crippen LogP contribution in [0.2, 0.25) is 0 Å². The molecule has 0 saturated heterocycles. The van der Waals surface area contributed by atoms with E-state index in [1.165, 1.54) is 12.1 Å². The van der Waals surface area contributed by atoms with Gasteiger partial charge in [0.1, 0.15) is 10.4 Å². The molecule has 1 aromatic carbocycles. The van der Waals surface area contributed by atoms with Crippen molar-refractivity contribution in [3.05, 3.63) is 36.9 Å². The second-order valence-electron chi connectivity index (χ2n) is 6.28.